The maximum atomic E-state index is 10.3. The van der Waals surface area contributed by atoms with E-state index < -0.39 is 12.1 Å². The summed E-state index contributed by atoms with van der Waals surface area (Å²) in [5.74, 6) is 1.76. The third kappa shape index (κ3) is 2.62. The topological polar surface area (TPSA) is 73.9 Å². The number of ether oxygens (including phenoxy) is 3. The summed E-state index contributed by atoms with van der Waals surface area (Å²) in [6, 6.07) is 3.07. The standard InChI is InChI=1S/C14H21NO4/c1-14(2,3)13(16)11(15)8-5-9(17-4)12-10(6-8)18-7-19-12/h5-6,11,13,16H,7,15H2,1-4H3/t11-,13-/m0/s1. The van der Waals surface area contributed by atoms with Crippen LogP contribution in [0.25, 0.3) is 0 Å². The summed E-state index contributed by atoms with van der Waals surface area (Å²) < 4.78 is 16.0. The molecule has 0 saturated heterocycles. The Morgan fingerprint density at radius 1 is 1.32 bits per heavy atom. The molecule has 0 fully saturated rings. The van der Waals surface area contributed by atoms with Crippen LogP contribution in [-0.4, -0.2) is 25.1 Å². The van der Waals surface area contributed by atoms with E-state index in [9.17, 15) is 5.11 Å². The van der Waals surface area contributed by atoms with Crippen molar-refractivity contribution in [2.75, 3.05) is 13.9 Å². The van der Waals surface area contributed by atoms with Crippen LogP contribution in [-0.2, 0) is 0 Å². The van der Waals surface area contributed by atoms with Gasteiger partial charge in [0.1, 0.15) is 0 Å². The predicted molar refractivity (Wildman–Crippen MR) is 71.5 cm³/mol. The van der Waals surface area contributed by atoms with Gasteiger partial charge in [0.2, 0.25) is 12.5 Å². The predicted octanol–water partition coefficient (Wildman–Crippen LogP) is 1.83. The molecule has 1 aromatic rings. The summed E-state index contributed by atoms with van der Waals surface area (Å²) in [5, 5.41) is 10.3. The van der Waals surface area contributed by atoms with Gasteiger partial charge in [-0.05, 0) is 23.1 Å². The van der Waals surface area contributed by atoms with Crippen LogP contribution in [0.15, 0.2) is 12.1 Å². The summed E-state index contributed by atoms with van der Waals surface area (Å²) in [6.45, 7) is 6.01. The Bertz CT molecular complexity index is 467. The number of hydrogen-bond acceptors (Lipinski definition) is 5. The van der Waals surface area contributed by atoms with Crippen molar-refractivity contribution in [2.45, 2.75) is 32.9 Å². The van der Waals surface area contributed by atoms with Gasteiger partial charge in [-0.25, -0.2) is 0 Å². The zero-order valence-electron chi connectivity index (χ0n) is 11.8. The van der Waals surface area contributed by atoms with Crippen LogP contribution in [0.2, 0.25) is 0 Å². The van der Waals surface area contributed by atoms with Gasteiger partial charge in [-0.2, -0.15) is 0 Å². The van der Waals surface area contributed by atoms with E-state index in [2.05, 4.69) is 0 Å². The highest BCUT2D eigenvalue weighted by Gasteiger charge is 2.31. The molecular weight excluding hydrogens is 246 g/mol. The third-order valence-corrected chi connectivity index (χ3v) is 3.29. The van der Waals surface area contributed by atoms with Gasteiger partial charge in [0, 0.05) is 0 Å². The van der Waals surface area contributed by atoms with Gasteiger partial charge in [-0.3, -0.25) is 0 Å². The lowest BCUT2D eigenvalue weighted by molar-refractivity contribution is 0.0400. The molecule has 5 nitrogen and oxygen atoms in total. The molecule has 2 rings (SSSR count). The molecule has 0 radical (unpaired) electrons. The first kappa shape index (κ1) is 14.0. The van der Waals surface area contributed by atoms with Gasteiger partial charge in [0.25, 0.3) is 0 Å². The second-order valence-electron chi connectivity index (χ2n) is 5.79. The monoisotopic (exact) mass is 267 g/mol. The highest BCUT2D eigenvalue weighted by molar-refractivity contribution is 5.55. The Kier molecular flexibility index (Phi) is 3.60. The minimum absolute atomic E-state index is 0.173. The van der Waals surface area contributed by atoms with E-state index in [1.54, 1.807) is 19.2 Å². The molecule has 1 aliphatic heterocycles. The molecular formula is C14H21NO4. The van der Waals surface area contributed by atoms with Gasteiger partial charge in [-0.1, -0.05) is 20.8 Å². The molecule has 2 atom stereocenters. The fourth-order valence-corrected chi connectivity index (χ4v) is 2.06. The summed E-state index contributed by atoms with van der Waals surface area (Å²) in [4.78, 5) is 0. The number of fused-ring (bicyclic) bond motifs is 1. The fourth-order valence-electron chi connectivity index (χ4n) is 2.06. The molecule has 0 bridgehead atoms. The maximum absolute atomic E-state index is 10.3. The first-order valence-corrected chi connectivity index (χ1v) is 6.25. The molecule has 0 aromatic heterocycles. The lowest BCUT2D eigenvalue weighted by atomic mass is 9.82. The minimum Gasteiger partial charge on any atom is -0.493 e. The van der Waals surface area contributed by atoms with Crippen LogP contribution in [0.1, 0.15) is 32.4 Å². The SMILES string of the molecule is COc1cc([C@H](N)[C@H](O)C(C)(C)C)cc2c1OCO2. The van der Waals surface area contributed by atoms with E-state index in [0.29, 0.717) is 17.2 Å². The normalized spacial score (nSPS) is 17.2. The van der Waals surface area contributed by atoms with Gasteiger partial charge >= 0.3 is 0 Å². The second-order valence-corrected chi connectivity index (χ2v) is 5.79. The van der Waals surface area contributed by atoms with Crippen LogP contribution in [0.4, 0.5) is 0 Å². The Morgan fingerprint density at radius 2 is 2.00 bits per heavy atom. The molecule has 0 aliphatic carbocycles. The van der Waals surface area contributed by atoms with Crippen LogP contribution < -0.4 is 19.9 Å². The fraction of sp³-hybridized carbons (Fsp3) is 0.571. The van der Waals surface area contributed by atoms with Crippen molar-refractivity contribution in [1.29, 1.82) is 0 Å². The molecule has 1 heterocycles. The van der Waals surface area contributed by atoms with E-state index >= 15 is 0 Å². The Morgan fingerprint density at radius 3 is 2.58 bits per heavy atom. The Balaban J connectivity index is 2.36. The number of benzene rings is 1. The molecule has 0 spiro atoms. The van der Waals surface area contributed by atoms with Gasteiger partial charge in [-0.15, -0.1) is 0 Å². The van der Waals surface area contributed by atoms with Gasteiger partial charge in [0.15, 0.2) is 11.5 Å². The molecule has 5 heteroatoms. The zero-order valence-corrected chi connectivity index (χ0v) is 11.8. The molecule has 1 aliphatic rings. The highest BCUT2D eigenvalue weighted by atomic mass is 16.7. The average Bonchev–Trinajstić information content (AvgIpc) is 2.82. The number of aliphatic hydroxyl groups excluding tert-OH is 1. The zero-order chi connectivity index (χ0) is 14.2. The average molecular weight is 267 g/mol. The van der Waals surface area contributed by atoms with Crippen molar-refractivity contribution in [1.82, 2.24) is 0 Å². The van der Waals surface area contributed by atoms with Crippen molar-refractivity contribution in [3.63, 3.8) is 0 Å². The third-order valence-electron chi connectivity index (χ3n) is 3.29. The van der Waals surface area contributed by atoms with Crippen LogP contribution in [0, 0.1) is 5.41 Å². The van der Waals surface area contributed by atoms with E-state index in [0.717, 1.165) is 5.56 Å². The molecule has 106 valence electrons. The number of aliphatic hydroxyl groups is 1. The van der Waals surface area contributed by atoms with Crippen LogP contribution in [0.3, 0.4) is 0 Å². The van der Waals surface area contributed by atoms with Crippen molar-refractivity contribution in [3.8, 4) is 17.2 Å². The molecule has 3 N–H and O–H groups in total. The van der Waals surface area contributed by atoms with Crippen molar-refractivity contribution in [3.05, 3.63) is 17.7 Å². The lowest BCUT2D eigenvalue weighted by Crippen LogP contribution is -2.36. The summed E-state index contributed by atoms with van der Waals surface area (Å²) in [6.07, 6.45) is -0.669. The number of hydrogen-bond donors (Lipinski definition) is 2. The molecule has 19 heavy (non-hydrogen) atoms. The Hall–Kier alpha value is -1.46. The van der Waals surface area contributed by atoms with Crippen molar-refractivity contribution < 1.29 is 19.3 Å². The molecule has 0 saturated carbocycles. The summed E-state index contributed by atoms with van der Waals surface area (Å²) >= 11 is 0. The van der Waals surface area contributed by atoms with E-state index in [1.807, 2.05) is 20.8 Å². The van der Waals surface area contributed by atoms with Crippen LogP contribution in [0.5, 0.6) is 17.2 Å². The highest BCUT2D eigenvalue weighted by Crippen LogP contribution is 2.43. The second kappa shape index (κ2) is 4.90. The summed E-state index contributed by atoms with van der Waals surface area (Å²) in [7, 11) is 1.56. The van der Waals surface area contributed by atoms with Crippen molar-refractivity contribution in [2.24, 2.45) is 11.1 Å². The van der Waals surface area contributed by atoms with Crippen molar-refractivity contribution >= 4 is 0 Å². The molecule has 1 aromatic carbocycles. The number of rotatable bonds is 3. The first-order valence-electron chi connectivity index (χ1n) is 6.25. The quantitative estimate of drug-likeness (QED) is 0.874. The summed E-state index contributed by atoms with van der Waals surface area (Å²) in [5.41, 5.74) is 6.60. The largest absolute Gasteiger partial charge is 0.493 e. The first-order chi connectivity index (χ1) is 8.84. The van der Waals surface area contributed by atoms with Gasteiger partial charge < -0.3 is 25.1 Å². The van der Waals surface area contributed by atoms with Crippen LogP contribution >= 0.6 is 0 Å². The van der Waals surface area contributed by atoms with E-state index in [1.165, 1.54) is 0 Å². The van der Waals surface area contributed by atoms with Gasteiger partial charge in [0.05, 0.1) is 19.3 Å². The number of methoxy groups -OCH3 is 1. The Labute approximate surface area is 113 Å². The molecule has 0 unspecified atom stereocenters. The maximum Gasteiger partial charge on any atom is 0.231 e. The van der Waals surface area contributed by atoms with E-state index in [-0.39, 0.29) is 12.2 Å². The van der Waals surface area contributed by atoms with E-state index in [4.69, 9.17) is 19.9 Å². The molecule has 0 amide bonds. The smallest absolute Gasteiger partial charge is 0.231 e. The minimum atomic E-state index is -0.669. The number of nitrogens with two attached hydrogens (primary N) is 1. The lowest BCUT2D eigenvalue weighted by Gasteiger charge is -2.31.